The molecule has 2 N–H and O–H groups in total. The average Bonchev–Trinajstić information content (AvgIpc) is 2.57. The van der Waals surface area contributed by atoms with Gasteiger partial charge in [0.1, 0.15) is 16.9 Å². The van der Waals surface area contributed by atoms with Crippen LogP contribution in [0.25, 0.3) is 0 Å². The predicted molar refractivity (Wildman–Crippen MR) is 93.1 cm³/mol. The van der Waals surface area contributed by atoms with Gasteiger partial charge < -0.3 is 14.9 Å². The van der Waals surface area contributed by atoms with Crippen molar-refractivity contribution in [1.82, 2.24) is 0 Å². The molecule has 24 heavy (non-hydrogen) atoms. The molecule has 0 unspecified atom stereocenters. The highest BCUT2D eigenvalue weighted by atomic mass is 16.5. The zero-order valence-corrected chi connectivity index (χ0v) is 14.3. The van der Waals surface area contributed by atoms with Crippen LogP contribution in [0.15, 0.2) is 48.5 Å². The molecule has 0 atom stereocenters. The van der Waals surface area contributed by atoms with Crippen LogP contribution < -0.4 is 0 Å². The van der Waals surface area contributed by atoms with Gasteiger partial charge in [0, 0.05) is 0 Å². The summed E-state index contributed by atoms with van der Waals surface area (Å²) < 4.78 is 5.57. The van der Waals surface area contributed by atoms with E-state index >= 15 is 0 Å². The normalized spacial score (nSPS) is 11.5. The Morgan fingerprint density at radius 2 is 1.38 bits per heavy atom. The van der Waals surface area contributed by atoms with E-state index in [1.54, 1.807) is 48.5 Å². The highest BCUT2D eigenvalue weighted by Gasteiger charge is 2.42. The Kier molecular flexibility index (Phi) is 5.50. The number of carbonyl (C=O) groups excluding carboxylic acids is 1. The zero-order chi connectivity index (χ0) is 17.7. The Labute approximate surface area is 142 Å². The van der Waals surface area contributed by atoms with Crippen LogP contribution in [0.4, 0.5) is 0 Å². The Hall–Kier alpha value is -2.49. The van der Waals surface area contributed by atoms with Crippen molar-refractivity contribution in [2.75, 3.05) is 6.61 Å². The van der Waals surface area contributed by atoms with Crippen LogP contribution in [0.3, 0.4) is 0 Å². The molecular formula is C20H24O4. The second-order valence-electron chi connectivity index (χ2n) is 6.34. The summed E-state index contributed by atoms with van der Waals surface area (Å²) in [7, 11) is 0. The van der Waals surface area contributed by atoms with Crippen molar-refractivity contribution in [2.24, 2.45) is 5.92 Å². The van der Waals surface area contributed by atoms with Crippen LogP contribution >= 0.6 is 0 Å². The molecule has 2 aromatic carbocycles. The minimum atomic E-state index is -0.976. The van der Waals surface area contributed by atoms with Crippen LogP contribution in [0.5, 0.6) is 11.5 Å². The maximum absolute atomic E-state index is 13.0. The van der Waals surface area contributed by atoms with Crippen LogP contribution in [0.2, 0.25) is 0 Å². The molecular weight excluding hydrogens is 304 g/mol. The van der Waals surface area contributed by atoms with Gasteiger partial charge in [-0.2, -0.15) is 0 Å². The standard InChI is InChI=1S/C20H24O4/c1-4-20(19(23)24-13-14(2)3,15-5-9-17(21)10-6-15)16-7-11-18(22)12-8-16/h5-12,14,21-22H,4,13H2,1-3H3. The topological polar surface area (TPSA) is 66.8 Å². The zero-order valence-electron chi connectivity index (χ0n) is 14.3. The van der Waals surface area contributed by atoms with Crippen molar-refractivity contribution in [3.05, 3.63) is 59.7 Å². The van der Waals surface area contributed by atoms with Gasteiger partial charge in [-0.3, -0.25) is 4.79 Å². The van der Waals surface area contributed by atoms with Crippen molar-refractivity contribution in [1.29, 1.82) is 0 Å². The number of ether oxygens (including phenoxy) is 1. The number of hydrogen-bond acceptors (Lipinski definition) is 4. The first-order valence-corrected chi connectivity index (χ1v) is 8.16. The van der Waals surface area contributed by atoms with Crippen molar-refractivity contribution in [3.63, 3.8) is 0 Å². The predicted octanol–water partition coefficient (Wildman–Crippen LogP) is 3.99. The van der Waals surface area contributed by atoms with Gasteiger partial charge in [0.2, 0.25) is 0 Å². The Morgan fingerprint density at radius 1 is 0.958 bits per heavy atom. The average molecular weight is 328 g/mol. The minimum absolute atomic E-state index is 0.144. The summed E-state index contributed by atoms with van der Waals surface area (Å²) in [5, 5.41) is 19.1. The smallest absolute Gasteiger partial charge is 0.321 e. The molecule has 128 valence electrons. The molecule has 0 saturated carbocycles. The maximum atomic E-state index is 13.0. The number of phenols is 2. The van der Waals surface area contributed by atoms with Crippen molar-refractivity contribution in [3.8, 4) is 11.5 Å². The molecule has 0 fully saturated rings. The number of phenolic OH excluding ortho intramolecular Hbond substituents is 2. The first-order chi connectivity index (χ1) is 11.4. The quantitative estimate of drug-likeness (QED) is 0.787. The van der Waals surface area contributed by atoms with Crippen LogP contribution in [0, 0.1) is 5.92 Å². The van der Waals surface area contributed by atoms with E-state index in [-0.39, 0.29) is 23.4 Å². The maximum Gasteiger partial charge on any atom is 0.321 e. The lowest BCUT2D eigenvalue weighted by Crippen LogP contribution is -2.38. The lowest BCUT2D eigenvalue weighted by molar-refractivity contribution is -0.150. The van der Waals surface area contributed by atoms with Gasteiger partial charge in [0.05, 0.1) is 6.61 Å². The third-order valence-electron chi connectivity index (χ3n) is 4.15. The van der Waals surface area contributed by atoms with Crippen molar-refractivity contribution < 1.29 is 19.7 Å². The summed E-state index contributed by atoms with van der Waals surface area (Å²) in [5.74, 6) is 0.202. The van der Waals surface area contributed by atoms with Gasteiger partial charge >= 0.3 is 5.97 Å². The molecule has 0 heterocycles. The molecule has 0 saturated heterocycles. The van der Waals surface area contributed by atoms with E-state index in [1.165, 1.54) is 0 Å². The summed E-state index contributed by atoms with van der Waals surface area (Å²) >= 11 is 0. The van der Waals surface area contributed by atoms with Gasteiger partial charge in [-0.1, -0.05) is 45.0 Å². The lowest BCUT2D eigenvalue weighted by Gasteiger charge is -2.32. The summed E-state index contributed by atoms with van der Waals surface area (Å²) in [4.78, 5) is 13.0. The largest absolute Gasteiger partial charge is 0.508 e. The number of benzene rings is 2. The number of aromatic hydroxyl groups is 2. The molecule has 0 aromatic heterocycles. The van der Waals surface area contributed by atoms with E-state index in [9.17, 15) is 15.0 Å². The second-order valence-corrected chi connectivity index (χ2v) is 6.34. The van der Waals surface area contributed by atoms with Crippen molar-refractivity contribution >= 4 is 5.97 Å². The summed E-state index contributed by atoms with van der Waals surface area (Å²) in [6.07, 6.45) is 0.499. The van der Waals surface area contributed by atoms with Gasteiger partial charge in [-0.05, 0) is 47.7 Å². The molecule has 4 nitrogen and oxygen atoms in total. The highest BCUT2D eigenvalue weighted by Crippen LogP contribution is 2.38. The van der Waals surface area contributed by atoms with E-state index in [0.717, 1.165) is 11.1 Å². The molecule has 0 aliphatic heterocycles. The van der Waals surface area contributed by atoms with E-state index in [1.807, 2.05) is 20.8 Å². The first-order valence-electron chi connectivity index (χ1n) is 8.16. The highest BCUT2D eigenvalue weighted by molar-refractivity contribution is 5.87. The van der Waals surface area contributed by atoms with Crippen LogP contribution in [0.1, 0.15) is 38.3 Å². The van der Waals surface area contributed by atoms with E-state index in [2.05, 4.69) is 0 Å². The number of carbonyl (C=O) groups is 1. The Bertz CT molecular complexity index is 626. The molecule has 0 aliphatic rings. The molecule has 0 radical (unpaired) electrons. The minimum Gasteiger partial charge on any atom is -0.508 e. The molecule has 0 aliphatic carbocycles. The van der Waals surface area contributed by atoms with Gasteiger partial charge in [-0.15, -0.1) is 0 Å². The third kappa shape index (κ3) is 3.53. The summed E-state index contributed by atoms with van der Waals surface area (Å²) in [5.41, 5.74) is 0.528. The Morgan fingerprint density at radius 3 is 1.71 bits per heavy atom. The fourth-order valence-electron chi connectivity index (χ4n) is 2.81. The fraction of sp³-hybridized carbons (Fsp3) is 0.350. The number of rotatable bonds is 6. The number of esters is 1. The SMILES string of the molecule is CCC(C(=O)OCC(C)C)(c1ccc(O)cc1)c1ccc(O)cc1. The summed E-state index contributed by atoms with van der Waals surface area (Å²) in [6.45, 7) is 6.25. The van der Waals surface area contributed by atoms with E-state index in [0.29, 0.717) is 13.0 Å². The lowest BCUT2D eigenvalue weighted by atomic mass is 9.72. The van der Waals surface area contributed by atoms with Gasteiger partial charge in [0.15, 0.2) is 0 Å². The third-order valence-corrected chi connectivity index (χ3v) is 4.15. The molecule has 4 heteroatoms. The molecule has 0 spiro atoms. The fourth-order valence-corrected chi connectivity index (χ4v) is 2.81. The molecule has 0 bridgehead atoms. The molecule has 0 amide bonds. The van der Waals surface area contributed by atoms with Crippen LogP contribution in [-0.4, -0.2) is 22.8 Å². The van der Waals surface area contributed by atoms with E-state index in [4.69, 9.17) is 4.74 Å². The van der Waals surface area contributed by atoms with E-state index < -0.39 is 5.41 Å². The summed E-state index contributed by atoms with van der Waals surface area (Å²) in [6, 6.07) is 13.2. The number of hydrogen-bond donors (Lipinski definition) is 2. The Balaban J connectivity index is 2.55. The van der Waals surface area contributed by atoms with Gasteiger partial charge in [0.25, 0.3) is 0 Å². The molecule has 2 rings (SSSR count). The van der Waals surface area contributed by atoms with Crippen molar-refractivity contribution in [2.45, 2.75) is 32.6 Å². The second kappa shape index (κ2) is 7.39. The van der Waals surface area contributed by atoms with Gasteiger partial charge in [-0.25, -0.2) is 0 Å². The monoisotopic (exact) mass is 328 g/mol. The van der Waals surface area contributed by atoms with Crippen LogP contribution in [-0.2, 0) is 14.9 Å². The first kappa shape index (κ1) is 17.9. The molecule has 2 aromatic rings.